The van der Waals surface area contributed by atoms with Crippen LogP contribution in [0, 0.1) is 17.0 Å². The third-order valence-corrected chi connectivity index (χ3v) is 2.83. The van der Waals surface area contributed by atoms with Crippen molar-refractivity contribution in [3.05, 3.63) is 39.4 Å². The van der Waals surface area contributed by atoms with E-state index >= 15 is 0 Å². The van der Waals surface area contributed by atoms with Gasteiger partial charge in [-0.05, 0) is 31.9 Å². The molecule has 0 aliphatic heterocycles. The number of benzene rings is 1. The lowest BCUT2D eigenvalue weighted by molar-refractivity contribution is -0.385. The average molecular weight is 266 g/mol. The number of nitro benzene ring substituents is 1. The third-order valence-electron chi connectivity index (χ3n) is 2.83. The van der Waals surface area contributed by atoms with Gasteiger partial charge in [0.05, 0.1) is 4.92 Å². The Hall–Kier alpha value is -1.95. The second-order valence-corrected chi connectivity index (χ2v) is 4.24. The highest BCUT2D eigenvalue weighted by Gasteiger charge is 2.23. The van der Waals surface area contributed by atoms with Crippen LogP contribution in [0.25, 0.3) is 0 Å². The number of amides is 1. The molecule has 6 heteroatoms. The van der Waals surface area contributed by atoms with E-state index in [1.807, 2.05) is 0 Å². The number of hydrogen-bond donors (Lipinski definition) is 1. The number of nitro groups is 1. The van der Waals surface area contributed by atoms with Crippen molar-refractivity contribution in [3.63, 3.8) is 0 Å². The van der Waals surface area contributed by atoms with Crippen LogP contribution < -0.4 is 0 Å². The standard InChI is InChI=1S/C13H18N2O4/c1-3-14(7-4-8-16)13(17)11-9-10(2)5-6-12(11)15(18)19/h5-6,9,16H,3-4,7-8H2,1-2H3. The molecular weight excluding hydrogens is 248 g/mol. The number of aryl methyl sites for hydroxylation is 1. The molecule has 1 amide bonds. The van der Waals surface area contributed by atoms with Gasteiger partial charge in [-0.1, -0.05) is 6.07 Å². The van der Waals surface area contributed by atoms with Crippen LogP contribution in [0.4, 0.5) is 5.69 Å². The molecule has 0 atom stereocenters. The molecule has 0 radical (unpaired) electrons. The number of aliphatic hydroxyl groups is 1. The van der Waals surface area contributed by atoms with E-state index in [1.54, 1.807) is 19.9 Å². The van der Waals surface area contributed by atoms with Gasteiger partial charge >= 0.3 is 0 Å². The first-order valence-corrected chi connectivity index (χ1v) is 6.16. The van der Waals surface area contributed by atoms with Crippen molar-refractivity contribution in [2.45, 2.75) is 20.3 Å². The Morgan fingerprint density at radius 3 is 2.68 bits per heavy atom. The second-order valence-electron chi connectivity index (χ2n) is 4.24. The number of hydrogen-bond acceptors (Lipinski definition) is 4. The molecule has 1 rings (SSSR count). The maximum atomic E-state index is 12.3. The minimum atomic E-state index is -0.549. The van der Waals surface area contributed by atoms with Crippen LogP contribution in [0.15, 0.2) is 18.2 Å². The number of nitrogens with zero attached hydrogens (tertiary/aromatic N) is 2. The Morgan fingerprint density at radius 1 is 1.47 bits per heavy atom. The molecule has 0 aliphatic rings. The summed E-state index contributed by atoms with van der Waals surface area (Å²) < 4.78 is 0. The van der Waals surface area contributed by atoms with Crippen LogP contribution in [0.3, 0.4) is 0 Å². The normalized spacial score (nSPS) is 10.3. The van der Waals surface area contributed by atoms with Crippen molar-refractivity contribution in [1.29, 1.82) is 0 Å². The quantitative estimate of drug-likeness (QED) is 0.628. The Balaban J connectivity index is 3.09. The van der Waals surface area contributed by atoms with Crippen LogP contribution in [0.1, 0.15) is 29.3 Å². The summed E-state index contributed by atoms with van der Waals surface area (Å²) in [4.78, 5) is 24.2. The first kappa shape index (κ1) is 15.1. The summed E-state index contributed by atoms with van der Waals surface area (Å²) >= 11 is 0. The van der Waals surface area contributed by atoms with Crippen molar-refractivity contribution in [1.82, 2.24) is 4.90 Å². The first-order chi connectivity index (χ1) is 9.01. The summed E-state index contributed by atoms with van der Waals surface area (Å²) in [5.74, 6) is -0.369. The van der Waals surface area contributed by atoms with Crippen molar-refractivity contribution >= 4 is 11.6 Å². The number of aliphatic hydroxyl groups excluding tert-OH is 1. The van der Waals surface area contributed by atoms with Gasteiger partial charge < -0.3 is 10.0 Å². The van der Waals surface area contributed by atoms with Gasteiger partial charge in [-0.3, -0.25) is 14.9 Å². The Bertz CT molecular complexity index is 474. The molecule has 0 aliphatic carbocycles. The van der Waals surface area contributed by atoms with Gasteiger partial charge in [0, 0.05) is 25.8 Å². The fourth-order valence-corrected chi connectivity index (χ4v) is 1.82. The van der Waals surface area contributed by atoms with E-state index in [2.05, 4.69) is 0 Å². The molecule has 6 nitrogen and oxygen atoms in total. The van der Waals surface area contributed by atoms with Gasteiger partial charge in [0.1, 0.15) is 5.56 Å². The highest BCUT2D eigenvalue weighted by Crippen LogP contribution is 2.21. The largest absolute Gasteiger partial charge is 0.396 e. The smallest absolute Gasteiger partial charge is 0.282 e. The molecule has 19 heavy (non-hydrogen) atoms. The fraction of sp³-hybridized carbons (Fsp3) is 0.462. The SMILES string of the molecule is CCN(CCCO)C(=O)c1cc(C)ccc1[N+](=O)[O-]. The highest BCUT2D eigenvalue weighted by atomic mass is 16.6. The summed E-state index contributed by atoms with van der Waals surface area (Å²) in [6.07, 6.45) is 0.458. The maximum absolute atomic E-state index is 12.3. The van der Waals surface area contributed by atoms with E-state index in [0.29, 0.717) is 19.5 Å². The van der Waals surface area contributed by atoms with Crippen molar-refractivity contribution in [2.75, 3.05) is 19.7 Å². The van der Waals surface area contributed by atoms with E-state index in [9.17, 15) is 14.9 Å². The van der Waals surface area contributed by atoms with Gasteiger partial charge in [-0.2, -0.15) is 0 Å². The summed E-state index contributed by atoms with van der Waals surface area (Å²) in [6, 6.07) is 4.49. The predicted octanol–water partition coefficient (Wildman–Crippen LogP) is 1.75. The van der Waals surface area contributed by atoms with Crippen LogP contribution in [0.2, 0.25) is 0 Å². The topological polar surface area (TPSA) is 83.7 Å². The van der Waals surface area contributed by atoms with Gasteiger partial charge in [0.15, 0.2) is 0 Å². The maximum Gasteiger partial charge on any atom is 0.282 e. The zero-order valence-electron chi connectivity index (χ0n) is 11.1. The molecule has 1 aromatic rings. The van der Waals surface area contributed by atoms with Crippen LogP contribution in [-0.2, 0) is 0 Å². The third kappa shape index (κ3) is 3.75. The van der Waals surface area contributed by atoms with Gasteiger partial charge in [0.2, 0.25) is 0 Å². The predicted molar refractivity (Wildman–Crippen MR) is 71.1 cm³/mol. The molecule has 0 spiro atoms. The number of carbonyl (C=O) groups excluding carboxylic acids is 1. The van der Waals surface area contributed by atoms with Crippen LogP contribution >= 0.6 is 0 Å². The molecular formula is C13H18N2O4. The fourth-order valence-electron chi connectivity index (χ4n) is 1.82. The highest BCUT2D eigenvalue weighted by molar-refractivity contribution is 5.98. The van der Waals surface area contributed by atoms with Crippen molar-refractivity contribution in [2.24, 2.45) is 0 Å². The number of rotatable bonds is 6. The summed E-state index contributed by atoms with van der Waals surface area (Å²) in [5.41, 5.74) is 0.718. The van der Waals surface area contributed by atoms with E-state index in [1.165, 1.54) is 17.0 Å². The molecule has 0 saturated carbocycles. The Kier molecular flexibility index (Phi) is 5.44. The van der Waals surface area contributed by atoms with E-state index in [-0.39, 0.29) is 23.8 Å². The molecule has 1 N–H and O–H groups in total. The molecule has 1 aromatic carbocycles. The molecule has 0 unspecified atom stereocenters. The summed E-state index contributed by atoms with van der Waals surface area (Å²) in [7, 11) is 0. The molecule has 104 valence electrons. The van der Waals surface area contributed by atoms with Crippen LogP contribution in [-0.4, -0.2) is 40.5 Å². The van der Waals surface area contributed by atoms with E-state index < -0.39 is 4.92 Å². The molecule has 0 fully saturated rings. The first-order valence-electron chi connectivity index (χ1n) is 6.16. The van der Waals surface area contributed by atoms with Crippen molar-refractivity contribution < 1.29 is 14.8 Å². The zero-order valence-corrected chi connectivity index (χ0v) is 11.1. The Labute approximate surface area is 111 Å². The van der Waals surface area contributed by atoms with E-state index in [0.717, 1.165) is 5.56 Å². The van der Waals surface area contributed by atoms with Crippen LogP contribution in [0.5, 0.6) is 0 Å². The Morgan fingerprint density at radius 2 is 2.16 bits per heavy atom. The van der Waals surface area contributed by atoms with Crippen molar-refractivity contribution in [3.8, 4) is 0 Å². The second kappa shape index (κ2) is 6.84. The van der Waals surface area contributed by atoms with Gasteiger partial charge in [0.25, 0.3) is 11.6 Å². The van der Waals surface area contributed by atoms with Gasteiger partial charge in [-0.15, -0.1) is 0 Å². The lowest BCUT2D eigenvalue weighted by atomic mass is 10.1. The summed E-state index contributed by atoms with van der Waals surface area (Å²) in [6.45, 7) is 4.40. The monoisotopic (exact) mass is 266 g/mol. The lowest BCUT2D eigenvalue weighted by Crippen LogP contribution is -2.32. The molecule has 0 saturated heterocycles. The zero-order chi connectivity index (χ0) is 14.4. The molecule has 0 bridgehead atoms. The van der Waals surface area contributed by atoms with Gasteiger partial charge in [-0.25, -0.2) is 0 Å². The minimum Gasteiger partial charge on any atom is -0.396 e. The summed E-state index contributed by atoms with van der Waals surface area (Å²) in [5, 5.41) is 19.8. The molecule has 0 aromatic heterocycles. The molecule has 0 heterocycles. The lowest BCUT2D eigenvalue weighted by Gasteiger charge is -2.20. The van der Waals surface area contributed by atoms with E-state index in [4.69, 9.17) is 5.11 Å². The number of carbonyl (C=O) groups is 1. The average Bonchev–Trinajstić information content (AvgIpc) is 2.38. The minimum absolute atomic E-state index is 0.0142.